The first-order valence-electron chi connectivity index (χ1n) is 7.69. The molecule has 23 heavy (non-hydrogen) atoms. The van der Waals surface area contributed by atoms with Gasteiger partial charge < -0.3 is 10.6 Å². The second-order valence-corrected chi connectivity index (χ2v) is 5.04. The molecule has 0 unspecified atom stereocenters. The van der Waals surface area contributed by atoms with Gasteiger partial charge in [0.1, 0.15) is 0 Å². The molecule has 6 nitrogen and oxygen atoms in total. The summed E-state index contributed by atoms with van der Waals surface area (Å²) in [7, 11) is 0. The summed E-state index contributed by atoms with van der Waals surface area (Å²) in [5.41, 5.74) is 2.24. The van der Waals surface area contributed by atoms with Crippen molar-refractivity contribution in [2.45, 2.75) is 26.8 Å². The number of nitrogens with one attached hydrogen (secondary N) is 2. The van der Waals surface area contributed by atoms with Crippen molar-refractivity contribution >= 4 is 29.9 Å². The molecule has 2 aromatic heterocycles. The SMILES string of the molecule is CCNC(=NCCc1ccccn1)NCCn1cc(C)cn1.I. The van der Waals surface area contributed by atoms with Crippen molar-refractivity contribution < 1.29 is 0 Å². The van der Waals surface area contributed by atoms with E-state index >= 15 is 0 Å². The van der Waals surface area contributed by atoms with Crippen molar-refractivity contribution in [3.8, 4) is 0 Å². The molecule has 0 saturated carbocycles. The summed E-state index contributed by atoms with van der Waals surface area (Å²) < 4.78 is 1.93. The van der Waals surface area contributed by atoms with Crippen molar-refractivity contribution in [3.05, 3.63) is 48.0 Å². The number of pyridine rings is 1. The Hall–Kier alpha value is -1.64. The van der Waals surface area contributed by atoms with Crippen LogP contribution >= 0.6 is 24.0 Å². The third-order valence-corrected chi connectivity index (χ3v) is 3.10. The fourth-order valence-electron chi connectivity index (χ4n) is 2.05. The van der Waals surface area contributed by atoms with Crippen LogP contribution in [0.3, 0.4) is 0 Å². The summed E-state index contributed by atoms with van der Waals surface area (Å²) in [6.45, 7) is 7.27. The lowest BCUT2D eigenvalue weighted by molar-refractivity contribution is 0.597. The molecule has 0 aliphatic carbocycles. The van der Waals surface area contributed by atoms with E-state index in [4.69, 9.17) is 0 Å². The highest BCUT2D eigenvalue weighted by molar-refractivity contribution is 14.0. The quantitative estimate of drug-likeness (QED) is 0.402. The van der Waals surface area contributed by atoms with Gasteiger partial charge in [0.05, 0.1) is 12.7 Å². The van der Waals surface area contributed by atoms with Crippen molar-refractivity contribution in [1.82, 2.24) is 25.4 Å². The Morgan fingerprint density at radius 3 is 2.83 bits per heavy atom. The number of halogens is 1. The molecule has 0 aromatic carbocycles. The fraction of sp³-hybridized carbons (Fsp3) is 0.438. The maximum Gasteiger partial charge on any atom is 0.191 e. The van der Waals surface area contributed by atoms with Gasteiger partial charge in [-0.05, 0) is 31.5 Å². The average Bonchev–Trinajstić information content (AvgIpc) is 2.94. The van der Waals surface area contributed by atoms with Crippen LogP contribution in [0.25, 0.3) is 0 Å². The molecule has 2 N–H and O–H groups in total. The Bertz CT molecular complexity index is 581. The van der Waals surface area contributed by atoms with Crippen LogP contribution in [-0.4, -0.2) is 40.4 Å². The lowest BCUT2D eigenvalue weighted by Crippen LogP contribution is -2.39. The lowest BCUT2D eigenvalue weighted by Gasteiger charge is -2.11. The van der Waals surface area contributed by atoms with Gasteiger partial charge in [0, 0.05) is 44.1 Å². The number of aryl methyl sites for hydroxylation is 1. The van der Waals surface area contributed by atoms with E-state index in [-0.39, 0.29) is 24.0 Å². The maximum atomic E-state index is 4.57. The zero-order valence-corrected chi connectivity index (χ0v) is 16.0. The first-order valence-corrected chi connectivity index (χ1v) is 7.69. The topological polar surface area (TPSA) is 67.1 Å². The molecule has 2 rings (SSSR count). The molecule has 0 spiro atoms. The van der Waals surface area contributed by atoms with Gasteiger partial charge in [-0.2, -0.15) is 5.10 Å². The van der Waals surface area contributed by atoms with Crippen LogP contribution in [0.4, 0.5) is 0 Å². The molecule has 0 amide bonds. The molecule has 0 aliphatic heterocycles. The minimum Gasteiger partial charge on any atom is -0.357 e. The minimum atomic E-state index is 0. The van der Waals surface area contributed by atoms with Gasteiger partial charge in [0.15, 0.2) is 5.96 Å². The van der Waals surface area contributed by atoms with E-state index in [0.29, 0.717) is 6.54 Å². The average molecular weight is 428 g/mol. The van der Waals surface area contributed by atoms with Crippen LogP contribution in [0.15, 0.2) is 41.8 Å². The van der Waals surface area contributed by atoms with Crippen LogP contribution in [0, 0.1) is 6.92 Å². The standard InChI is InChI=1S/C16H24N6.HI/c1-3-17-16(19-9-7-15-6-4-5-8-18-15)20-10-11-22-13-14(2)12-21-22;/h4-6,8,12-13H,3,7,9-11H2,1-2H3,(H2,17,19,20);1H. The molecule has 0 bridgehead atoms. The van der Waals surface area contributed by atoms with E-state index in [1.165, 1.54) is 5.56 Å². The van der Waals surface area contributed by atoms with E-state index in [1.54, 1.807) is 0 Å². The van der Waals surface area contributed by atoms with Crippen molar-refractivity contribution in [2.24, 2.45) is 4.99 Å². The molecule has 0 atom stereocenters. The Kier molecular flexibility index (Phi) is 9.27. The molecular formula is C16H25IN6. The Morgan fingerprint density at radius 1 is 1.30 bits per heavy atom. The van der Waals surface area contributed by atoms with E-state index < -0.39 is 0 Å². The first kappa shape index (κ1) is 19.4. The minimum absolute atomic E-state index is 0. The van der Waals surface area contributed by atoms with Crippen molar-refractivity contribution in [1.29, 1.82) is 0 Å². The highest BCUT2D eigenvalue weighted by atomic mass is 127. The number of guanidine groups is 1. The fourth-order valence-corrected chi connectivity index (χ4v) is 2.05. The molecule has 0 radical (unpaired) electrons. The van der Waals surface area contributed by atoms with Gasteiger partial charge in [0.25, 0.3) is 0 Å². The van der Waals surface area contributed by atoms with E-state index in [1.807, 2.05) is 48.4 Å². The number of aliphatic imine (C=N–C) groups is 1. The summed E-state index contributed by atoms with van der Waals surface area (Å²) in [6.07, 6.45) is 6.56. The summed E-state index contributed by atoms with van der Waals surface area (Å²) in [4.78, 5) is 8.87. The molecule has 7 heteroatoms. The lowest BCUT2D eigenvalue weighted by atomic mass is 10.3. The first-order chi connectivity index (χ1) is 10.8. The Balaban J connectivity index is 0.00000264. The Morgan fingerprint density at radius 2 is 2.17 bits per heavy atom. The summed E-state index contributed by atoms with van der Waals surface area (Å²) in [5, 5.41) is 10.8. The normalized spacial score (nSPS) is 11.0. The van der Waals surface area contributed by atoms with E-state index in [2.05, 4.69) is 32.6 Å². The largest absolute Gasteiger partial charge is 0.357 e. The van der Waals surface area contributed by atoms with E-state index in [0.717, 1.165) is 37.7 Å². The molecule has 2 aromatic rings. The van der Waals surface area contributed by atoms with Crippen LogP contribution in [0.1, 0.15) is 18.2 Å². The number of rotatable bonds is 7. The predicted molar refractivity (Wildman–Crippen MR) is 104 cm³/mol. The molecule has 0 aliphatic rings. The highest BCUT2D eigenvalue weighted by Crippen LogP contribution is 1.95. The molecule has 0 fully saturated rings. The summed E-state index contributed by atoms with van der Waals surface area (Å²) in [6, 6.07) is 5.95. The third-order valence-electron chi connectivity index (χ3n) is 3.10. The molecule has 2 heterocycles. The Labute approximate surface area is 154 Å². The van der Waals surface area contributed by atoms with Crippen LogP contribution < -0.4 is 10.6 Å². The van der Waals surface area contributed by atoms with Crippen molar-refractivity contribution in [2.75, 3.05) is 19.6 Å². The van der Waals surface area contributed by atoms with Gasteiger partial charge in [-0.25, -0.2) is 0 Å². The van der Waals surface area contributed by atoms with Gasteiger partial charge in [-0.3, -0.25) is 14.7 Å². The van der Waals surface area contributed by atoms with Crippen LogP contribution in [0.5, 0.6) is 0 Å². The van der Waals surface area contributed by atoms with Crippen LogP contribution in [0.2, 0.25) is 0 Å². The van der Waals surface area contributed by atoms with Gasteiger partial charge in [0.2, 0.25) is 0 Å². The van der Waals surface area contributed by atoms with E-state index in [9.17, 15) is 0 Å². The second kappa shape index (κ2) is 11.0. The third kappa shape index (κ3) is 7.45. The zero-order chi connectivity index (χ0) is 15.6. The summed E-state index contributed by atoms with van der Waals surface area (Å²) >= 11 is 0. The smallest absolute Gasteiger partial charge is 0.191 e. The predicted octanol–water partition coefficient (Wildman–Crippen LogP) is 2.00. The monoisotopic (exact) mass is 428 g/mol. The van der Waals surface area contributed by atoms with Gasteiger partial charge in [-0.15, -0.1) is 24.0 Å². The zero-order valence-electron chi connectivity index (χ0n) is 13.7. The molecule has 0 saturated heterocycles. The second-order valence-electron chi connectivity index (χ2n) is 5.04. The summed E-state index contributed by atoms with van der Waals surface area (Å²) in [5.74, 6) is 0.835. The number of aromatic nitrogens is 3. The molecular weight excluding hydrogens is 403 g/mol. The number of hydrogen-bond donors (Lipinski definition) is 2. The molecule has 126 valence electrons. The maximum absolute atomic E-state index is 4.57. The van der Waals surface area contributed by atoms with Gasteiger partial charge in [-0.1, -0.05) is 6.07 Å². The van der Waals surface area contributed by atoms with Crippen molar-refractivity contribution in [3.63, 3.8) is 0 Å². The highest BCUT2D eigenvalue weighted by Gasteiger charge is 1.99. The number of nitrogens with zero attached hydrogens (tertiary/aromatic N) is 4. The van der Waals surface area contributed by atoms with Crippen LogP contribution in [-0.2, 0) is 13.0 Å². The number of hydrogen-bond acceptors (Lipinski definition) is 3. The van der Waals surface area contributed by atoms with Gasteiger partial charge >= 0.3 is 0 Å².